The molecule has 9 heteroatoms. The number of nitrogens with one attached hydrogen (secondary N) is 2. The molecule has 2 N–H and O–H groups in total. The quantitative estimate of drug-likeness (QED) is 0.444. The van der Waals surface area contributed by atoms with Gasteiger partial charge in [-0.3, -0.25) is 9.59 Å². The Hall–Kier alpha value is -2.78. The molecule has 1 amide bonds. The first-order valence-electron chi connectivity index (χ1n) is 10.5. The highest BCUT2D eigenvalue weighted by molar-refractivity contribution is 7.80. The number of benzene rings is 1. The molecule has 0 radical (unpaired) electrons. The van der Waals surface area contributed by atoms with E-state index in [1.807, 2.05) is 30.3 Å². The fourth-order valence-corrected chi connectivity index (χ4v) is 5.07. The minimum atomic E-state index is -0.436. The molecule has 32 heavy (non-hydrogen) atoms. The molecule has 7 nitrogen and oxygen atoms in total. The molecule has 1 heterocycles. The van der Waals surface area contributed by atoms with Gasteiger partial charge in [0.2, 0.25) is 5.91 Å². The van der Waals surface area contributed by atoms with Crippen molar-refractivity contribution in [3.8, 4) is 0 Å². The minimum absolute atomic E-state index is 0.0378. The minimum Gasteiger partial charge on any atom is -0.465 e. The van der Waals surface area contributed by atoms with Gasteiger partial charge in [0.15, 0.2) is 5.11 Å². The third-order valence-corrected chi connectivity index (χ3v) is 6.50. The van der Waals surface area contributed by atoms with Gasteiger partial charge in [0.05, 0.1) is 25.7 Å². The first-order chi connectivity index (χ1) is 15.5. The predicted molar refractivity (Wildman–Crippen MR) is 127 cm³/mol. The Balaban J connectivity index is 1.45. The van der Waals surface area contributed by atoms with E-state index in [4.69, 9.17) is 21.7 Å². The second-order valence-corrected chi connectivity index (χ2v) is 8.88. The number of ether oxygens (including phenoxy) is 2. The van der Waals surface area contributed by atoms with Crippen molar-refractivity contribution in [2.24, 2.45) is 0 Å². The zero-order chi connectivity index (χ0) is 22.9. The first kappa shape index (κ1) is 23.9. The standard InChI is InChI=1S/C23H26N2O5S2/c1-29-22(28)20-16-9-5-6-10-17(16)32-21(20)25-23(31)24-18(26)11-12-19(27)30-14-13-15-7-3-2-4-8-15/h2-4,7-8H,5-6,9-14H2,1H3,(H2,24,25,26,31). The van der Waals surface area contributed by atoms with E-state index in [0.29, 0.717) is 17.0 Å². The fourth-order valence-electron chi connectivity index (χ4n) is 3.51. The number of carbonyl (C=O) groups excluding carboxylic acids is 3. The Labute approximate surface area is 196 Å². The van der Waals surface area contributed by atoms with Crippen molar-refractivity contribution in [3.63, 3.8) is 0 Å². The molecule has 0 atom stereocenters. The summed E-state index contributed by atoms with van der Waals surface area (Å²) in [5, 5.41) is 6.17. The lowest BCUT2D eigenvalue weighted by Crippen LogP contribution is -2.34. The van der Waals surface area contributed by atoms with Crippen molar-refractivity contribution in [1.82, 2.24) is 5.32 Å². The van der Waals surface area contributed by atoms with Crippen molar-refractivity contribution in [1.29, 1.82) is 0 Å². The largest absolute Gasteiger partial charge is 0.465 e. The van der Waals surface area contributed by atoms with Crippen LogP contribution in [0.25, 0.3) is 0 Å². The van der Waals surface area contributed by atoms with Gasteiger partial charge in [-0.2, -0.15) is 0 Å². The summed E-state index contributed by atoms with van der Waals surface area (Å²) in [5.74, 6) is -1.25. The summed E-state index contributed by atoms with van der Waals surface area (Å²) in [6, 6.07) is 9.71. The number of thiocarbonyl (C=S) groups is 1. The lowest BCUT2D eigenvalue weighted by atomic mass is 9.95. The van der Waals surface area contributed by atoms with Gasteiger partial charge >= 0.3 is 11.9 Å². The molecular formula is C23H26N2O5S2. The van der Waals surface area contributed by atoms with Crippen LogP contribution in [0.1, 0.15) is 52.0 Å². The van der Waals surface area contributed by atoms with E-state index in [1.54, 1.807) is 0 Å². The Morgan fingerprint density at radius 2 is 1.84 bits per heavy atom. The summed E-state index contributed by atoms with van der Waals surface area (Å²) >= 11 is 6.70. The van der Waals surface area contributed by atoms with Gasteiger partial charge < -0.3 is 20.1 Å². The van der Waals surface area contributed by atoms with E-state index in [1.165, 1.54) is 18.4 Å². The number of rotatable bonds is 8. The summed E-state index contributed by atoms with van der Waals surface area (Å²) in [6.45, 7) is 0.268. The Bertz CT molecular complexity index is 988. The third-order valence-electron chi connectivity index (χ3n) is 5.09. The van der Waals surface area contributed by atoms with Gasteiger partial charge in [0, 0.05) is 17.7 Å². The van der Waals surface area contributed by atoms with Crippen LogP contribution in [0.3, 0.4) is 0 Å². The molecule has 1 aliphatic carbocycles. The highest BCUT2D eigenvalue weighted by Gasteiger charge is 2.26. The molecule has 0 unspecified atom stereocenters. The van der Waals surface area contributed by atoms with Crippen molar-refractivity contribution in [3.05, 3.63) is 51.9 Å². The van der Waals surface area contributed by atoms with Crippen LogP contribution in [0.5, 0.6) is 0 Å². The van der Waals surface area contributed by atoms with E-state index in [0.717, 1.165) is 41.7 Å². The summed E-state index contributed by atoms with van der Waals surface area (Å²) < 4.78 is 10.1. The van der Waals surface area contributed by atoms with Gasteiger partial charge in [0.1, 0.15) is 5.00 Å². The zero-order valence-corrected chi connectivity index (χ0v) is 19.5. The molecule has 0 fully saturated rings. The van der Waals surface area contributed by atoms with Crippen LogP contribution in [0.15, 0.2) is 30.3 Å². The van der Waals surface area contributed by atoms with Crippen LogP contribution in [0.4, 0.5) is 5.00 Å². The molecule has 0 aliphatic heterocycles. The number of hydrogen-bond acceptors (Lipinski definition) is 7. The fraction of sp³-hybridized carbons (Fsp3) is 0.391. The average Bonchev–Trinajstić information content (AvgIpc) is 3.15. The van der Waals surface area contributed by atoms with E-state index in [2.05, 4.69) is 10.6 Å². The Kier molecular flexibility index (Phi) is 8.75. The Morgan fingerprint density at radius 1 is 1.09 bits per heavy atom. The van der Waals surface area contributed by atoms with Crippen LogP contribution in [0, 0.1) is 0 Å². The number of esters is 2. The lowest BCUT2D eigenvalue weighted by Gasteiger charge is -2.12. The highest BCUT2D eigenvalue weighted by atomic mass is 32.1. The topological polar surface area (TPSA) is 93.7 Å². The first-order valence-corrected chi connectivity index (χ1v) is 11.7. The van der Waals surface area contributed by atoms with Crippen molar-refractivity contribution < 1.29 is 23.9 Å². The van der Waals surface area contributed by atoms with Crippen LogP contribution in [-0.2, 0) is 38.3 Å². The normalized spacial score (nSPS) is 12.4. The highest BCUT2D eigenvalue weighted by Crippen LogP contribution is 2.38. The molecule has 2 aromatic rings. The second-order valence-electron chi connectivity index (χ2n) is 7.36. The molecule has 1 aromatic carbocycles. The molecule has 0 spiro atoms. The number of thiophene rings is 1. The molecule has 0 saturated heterocycles. The number of fused-ring (bicyclic) bond motifs is 1. The predicted octanol–water partition coefficient (Wildman–Crippen LogP) is 3.79. The number of amides is 1. The SMILES string of the molecule is COC(=O)c1c(NC(=S)NC(=O)CCC(=O)OCCc2ccccc2)sc2c1CCCC2. The third kappa shape index (κ3) is 6.61. The van der Waals surface area contributed by atoms with Crippen LogP contribution < -0.4 is 10.6 Å². The van der Waals surface area contributed by atoms with Gasteiger partial charge in [-0.1, -0.05) is 30.3 Å². The molecule has 1 aromatic heterocycles. The molecule has 0 saturated carbocycles. The number of aryl methyl sites for hydroxylation is 1. The maximum absolute atomic E-state index is 12.3. The summed E-state index contributed by atoms with van der Waals surface area (Å²) in [5.41, 5.74) is 2.57. The molecule has 170 valence electrons. The number of carbonyl (C=O) groups is 3. The number of anilines is 1. The van der Waals surface area contributed by atoms with Crippen molar-refractivity contribution >= 4 is 51.5 Å². The molecule has 0 bridgehead atoms. The second kappa shape index (κ2) is 11.7. The van der Waals surface area contributed by atoms with Gasteiger partial charge in [-0.05, 0) is 49.0 Å². The smallest absolute Gasteiger partial charge is 0.341 e. The van der Waals surface area contributed by atoms with E-state index < -0.39 is 17.8 Å². The number of hydrogen-bond donors (Lipinski definition) is 2. The van der Waals surface area contributed by atoms with Gasteiger partial charge in [-0.25, -0.2) is 4.79 Å². The molecule has 3 rings (SSSR count). The van der Waals surface area contributed by atoms with Gasteiger partial charge in [0.25, 0.3) is 0 Å². The van der Waals surface area contributed by atoms with E-state index in [9.17, 15) is 14.4 Å². The Morgan fingerprint density at radius 3 is 2.59 bits per heavy atom. The number of methoxy groups -OCH3 is 1. The summed E-state index contributed by atoms with van der Waals surface area (Å²) in [7, 11) is 1.35. The van der Waals surface area contributed by atoms with E-state index >= 15 is 0 Å². The zero-order valence-electron chi connectivity index (χ0n) is 17.9. The van der Waals surface area contributed by atoms with Gasteiger partial charge in [-0.15, -0.1) is 11.3 Å². The van der Waals surface area contributed by atoms with E-state index in [-0.39, 0.29) is 24.6 Å². The summed E-state index contributed by atoms with van der Waals surface area (Å²) in [4.78, 5) is 37.5. The lowest BCUT2D eigenvalue weighted by molar-refractivity contribution is -0.144. The van der Waals surface area contributed by atoms with Crippen LogP contribution >= 0.6 is 23.6 Å². The van der Waals surface area contributed by atoms with Crippen molar-refractivity contribution in [2.45, 2.75) is 44.9 Å². The average molecular weight is 475 g/mol. The molecule has 1 aliphatic rings. The maximum Gasteiger partial charge on any atom is 0.341 e. The maximum atomic E-state index is 12.3. The monoisotopic (exact) mass is 474 g/mol. The van der Waals surface area contributed by atoms with Crippen molar-refractivity contribution in [2.75, 3.05) is 19.0 Å². The molecular weight excluding hydrogens is 448 g/mol. The van der Waals surface area contributed by atoms with Crippen LogP contribution in [-0.4, -0.2) is 36.7 Å². The summed E-state index contributed by atoms with van der Waals surface area (Å²) in [6.07, 6.45) is 4.38. The van der Waals surface area contributed by atoms with Crippen LogP contribution in [0.2, 0.25) is 0 Å².